The molecule has 1 atom stereocenters. The first-order valence-corrected chi connectivity index (χ1v) is 9.43. The molecule has 0 spiro atoms. The number of likely N-dealkylation sites (tertiary alicyclic amines) is 1. The third-order valence-corrected chi connectivity index (χ3v) is 6.32. The van der Waals surface area contributed by atoms with E-state index < -0.39 is 10.0 Å². The van der Waals surface area contributed by atoms with E-state index in [0.29, 0.717) is 13.1 Å². The summed E-state index contributed by atoms with van der Waals surface area (Å²) in [6.45, 7) is 5.83. The second kappa shape index (κ2) is 6.06. The van der Waals surface area contributed by atoms with Crippen LogP contribution in [0.5, 0.6) is 0 Å². The van der Waals surface area contributed by atoms with Crippen molar-refractivity contribution in [3.63, 3.8) is 0 Å². The summed E-state index contributed by atoms with van der Waals surface area (Å²) < 4.78 is 28.1. The van der Waals surface area contributed by atoms with E-state index in [9.17, 15) is 8.42 Å². The molecule has 1 aromatic heterocycles. The topological polar surface area (TPSA) is 58.4 Å². The number of rotatable bonds is 4. The van der Waals surface area contributed by atoms with Gasteiger partial charge in [-0.2, -0.15) is 9.40 Å². The van der Waals surface area contributed by atoms with Crippen LogP contribution in [0.2, 0.25) is 0 Å². The average molecular weight is 312 g/mol. The van der Waals surface area contributed by atoms with Crippen LogP contribution in [-0.2, 0) is 16.6 Å². The van der Waals surface area contributed by atoms with Gasteiger partial charge < -0.3 is 4.90 Å². The summed E-state index contributed by atoms with van der Waals surface area (Å²) in [4.78, 5) is 2.45. The van der Waals surface area contributed by atoms with Crippen LogP contribution in [0.25, 0.3) is 0 Å². The summed E-state index contributed by atoms with van der Waals surface area (Å²) in [5.74, 6) is 0.164. The van der Waals surface area contributed by atoms with Gasteiger partial charge in [0.25, 0.3) is 0 Å². The lowest BCUT2D eigenvalue weighted by Gasteiger charge is -2.36. The quantitative estimate of drug-likeness (QED) is 0.834. The first-order valence-electron chi connectivity index (χ1n) is 7.82. The van der Waals surface area contributed by atoms with Gasteiger partial charge >= 0.3 is 0 Å². The molecule has 0 radical (unpaired) electrons. The minimum Gasteiger partial charge on any atom is -0.301 e. The SMILES string of the molecule is CCS(=O)(=O)N1Cc2ccnn2C(CN2CCCCC2)C1. The van der Waals surface area contributed by atoms with Crippen LogP contribution in [0.3, 0.4) is 0 Å². The molecule has 2 aliphatic heterocycles. The molecule has 6 nitrogen and oxygen atoms in total. The standard InChI is InChI=1S/C14H24N4O2S/c1-2-21(19,20)17-11-13-6-7-15-18(13)14(12-17)10-16-8-4-3-5-9-16/h6-7,14H,2-5,8-12H2,1H3. The van der Waals surface area contributed by atoms with Crippen molar-refractivity contribution in [3.8, 4) is 0 Å². The molecule has 0 aromatic carbocycles. The Morgan fingerprint density at radius 3 is 2.76 bits per heavy atom. The summed E-state index contributed by atoms with van der Waals surface area (Å²) >= 11 is 0. The Labute approximate surface area is 126 Å². The Morgan fingerprint density at radius 1 is 1.29 bits per heavy atom. The van der Waals surface area contributed by atoms with Gasteiger partial charge in [0.15, 0.2) is 0 Å². The fraction of sp³-hybridized carbons (Fsp3) is 0.786. The predicted octanol–water partition coefficient (Wildman–Crippen LogP) is 1.08. The Hall–Kier alpha value is -0.920. The molecule has 7 heteroatoms. The second-order valence-electron chi connectivity index (χ2n) is 5.98. The molecule has 0 amide bonds. The van der Waals surface area contributed by atoms with Crippen LogP contribution in [0.1, 0.15) is 37.9 Å². The molecule has 0 bridgehead atoms. The molecule has 3 heterocycles. The van der Waals surface area contributed by atoms with Gasteiger partial charge in [0.2, 0.25) is 10.0 Å². The molecule has 1 saturated heterocycles. The van der Waals surface area contributed by atoms with Crippen molar-refractivity contribution in [1.82, 2.24) is 19.0 Å². The summed E-state index contributed by atoms with van der Waals surface area (Å²) in [6, 6.07) is 2.06. The zero-order chi connectivity index (χ0) is 14.9. The van der Waals surface area contributed by atoms with Crippen LogP contribution in [0.4, 0.5) is 0 Å². The minimum atomic E-state index is -3.14. The third-order valence-electron chi connectivity index (χ3n) is 4.53. The Kier molecular flexibility index (Phi) is 4.33. The Bertz CT molecular complexity index is 578. The molecule has 3 rings (SSSR count). The van der Waals surface area contributed by atoms with Crippen LogP contribution in [0, 0.1) is 0 Å². The van der Waals surface area contributed by atoms with Crippen molar-refractivity contribution < 1.29 is 8.42 Å². The van der Waals surface area contributed by atoms with Crippen molar-refractivity contribution in [2.24, 2.45) is 0 Å². The highest BCUT2D eigenvalue weighted by atomic mass is 32.2. The minimum absolute atomic E-state index is 0.128. The normalized spacial score (nSPS) is 24.9. The van der Waals surface area contributed by atoms with Crippen LogP contribution < -0.4 is 0 Å². The van der Waals surface area contributed by atoms with E-state index in [1.807, 2.05) is 10.7 Å². The molecule has 1 aromatic rings. The van der Waals surface area contributed by atoms with Crippen molar-refractivity contribution in [1.29, 1.82) is 0 Å². The first-order chi connectivity index (χ1) is 10.1. The molecule has 1 unspecified atom stereocenters. The molecular formula is C14H24N4O2S. The highest BCUT2D eigenvalue weighted by Crippen LogP contribution is 2.24. The van der Waals surface area contributed by atoms with E-state index in [0.717, 1.165) is 25.3 Å². The van der Waals surface area contributed by atoms with Gasteiger partial charge in [0, 0.05) is 19.3 Å². The van der Waals surface area contributed by atoms with Crippen molar-refractivity contribution in [2.75, 3.05) is 31.9 Å². The van der Waals surface area contributed by atoms with E-state index >= 15 is 0 Å². The zero-order valence-corrected chi connectivity index (χ0v) is 13.4. The number of sulfonamides is 1. The largest absolute Gasteiger partial charge is 0.301 e. The number of hydrogen-bond donors (Lipinski definition) is 0. The maximum Gasteiger partial charge on any atom is 0.214 e. The van der Waals surface area contributed by atoms with Gasteiger partial charge in [-0.1, -0.05) is 6.42 Å². The van der Waals surface area contributed by atoms with E-state index in [-0.39, 0.29) is 11.8 Å². The fourth-order valence-corrected chi connectivity index (χ4v) is 4.42. The molecule has 0 aliphatic carbocycles. The third kappa shape index (κ3) is 3.14. The maximum absolute atomic E-state index is 12.2. The van der Waals surface area contributed by atoms with Crippen LogP contribution in [-0.4, -0.2) is 59.3 Å². The summed E-state index contributed by atoms with van der Waals surface area (Å²) in [5.41, 5.74) is 1.00. The predicted molar refractivity (Wildman–Crippen MR) is 81.4 cm³/mol. The van der Waals surface area contributed by atoms with Crippen molar-refractivity contribution >= 4 is 10.0 Å². The monoisotopic (exact) mass is 312 g/mol. The van der Waals surface area contributed by atoms with Gasteiger partial charge in [-0.05, 0) is 38.9 Å². The number of aromatic nitrogens is 2. The number of hydrogen-bond acceptors (Lipinski definition) is 4. The van der Waals surface area contributed by atoms with Crippen molar-refractivity contribution in [2.45, 2.75) is 38.8 Å². The Balaban J connectivity index is 1.79. The molecule has 2 aliphatic rings. The second-order valence-corrected chi connectivity index (χ2v) is 8.23. The van der Waals surface area contributed by atoms with Crippen molar-refractivity contribution in [3.05, 3.63) is 18.0 Å². The van der Waals surface area contributed by atoms with Gasteiger partial charge in [0.05, 0.1) is 24.0 Å². The first kappa shape index (κ1) is 15.0. The van der Waals surface area contributed by atoms with Crippen LogP contribution >= 0.6 is 0 Å². The number of nitrogens with zero attached hydrogens (tertiary/aromatic N) is 4. The average Bonchev–Trinajstić information content (AvgIpc) is 2.97. The molecule has 21 heavy (non-hydrogen) atoms. The summed E-state index contributed by atoms with van der Waals surface area (Å²) in [5, 5.41) is 4.41. The van der Waals surface area contributed by atoms with E-state index in [4.69, 9.17) is 0 Å². The van der Waals surface area contributed by atoms with E-state index in [1.54, 1.807) is 17.4 Å². The van der Waals surface area contributed by atoms with Crippen LogP contribution in [0.15, 0.2) is 12.3 Å². The highest BCUT2D eigenvalue weighted by molar-refractivity contribution is 7.89. The molecule has 118 valence electrons. The zero-order valence-electron chi connectivity index (χ0n) is 12.6. The van der Waals surface area contributed by atoms with Gasteiger partial charge in [-0.25, -0.2) is 8.42 Å². The number of fused-ring (bicyclic) bond motifs is 1. The molecule has 0 N–H and O–H groups in total. The lowest BCUT2D eigenvalue weighted by atomic mass is 10.1. The van der Waals surface area contributed by atoms with E-state index in [2.05, 4.69) is 10.00 Å². The smallest absolute Gasteiger partial charge is 0.214 e. The van der Waals surface area contributed by atoms with Gasteiger partial charge in [-0.15, -0.1) is 0 Å². The summed E-state index contributed by atoms with van der Waals surface area (Å²) in [6.07, 6.45) is 5.58. The fourth-order valence-electron chi connectivity index (χ4n) is 3.32. The summed E-state index contributed by atoms with van der Waals surface area (Å²) in [7, 11) is -3.14. The lowest BCUT2D eigenvalue weighted by Crippen LogP contribution is -2.46. The van der Waals surface area contributed by atoms with Gasteiger partial charge in [-0.3, -0.25) is 4.68 Å². The molecule has 1 fully saturated rings. The lowest BCUT2D eigenvalue weighted by molar-refractivity contribution is 0.160. The van der Waals surface area contributed by atoms with E-state index in [1.165, 1.54) is 19.3 Å². The maximum atomic E-state index is 12.2. The molecule has 0 saturated carbocycles. The Morgan fingerprint density at radius 2 is 2.05 bits per heavy atom. The van der Waals surface area contributed by atoms with Gasteiger partial charge in [0.1, 0.15) is 0 Å². The highest BCUT2D eigenvalue weighted by Gasteiger charge is 2.32. The molecular weight excluding hydrogens is 288 g/mol. The number of piperidine rings is 1.